The molecule has 3 aromatic carbocycles. The minimum Gasteiger partial charge on any atom is -0.483 e. The van der Waals surface area contributed by atoms with Crippen molar-refractivity contribution < 1.29 is 23.8 Å². The van der Waals surface area contributed by atoms with E-state index in [-0.39, 0.29) is 18.1 Å². The molecular formula is C23H18N2O5. The first-order chi connectivity index (χ1) is 14.5. The number of aromatic nitrogens is 1. The van der Waals surface area contributed by atoms with Crippen molar-refractivity contribution in [2.75, 3.05) is 11.9 Å². The van der Waals surface area contributed by atoms with E-state index in [1.165, 1.54) is 12.1 Å². The van der Waals surface area contributed by atoms with Crippen LogP contribution in [0, 0.1) is 6.92 Å². The zero-order valence-corrected chi connectivity index (χ0v) is 16.1. The van der Waals surface area contributed by atoms with Crippen molar-refractivity contribution in [1.29, 1.82) is 0 Å². The minimum atomic E-state index is -1.02. The standard InChI is InChI=1S/C23H18N2O5/c1-14-4-2-3-5-19(14)29-13-21(26)24-17-9-6-15(7-10-17)22-25-18-12-16(23(27)28)8-11-20(18)30-22/h2-12H,13H2,1H3,(H,24,26)(H,27,28). The summed E-state index contributed by atoms with van der Waals surface area (Å²) >= 11 is 0. The molecule has 0 aliphatic carbocycles. The average molecular weight is 402 g/mol. The molecule has 0 bridgehead atoms. The number of carbonyl (C=O) groups excluding carboxylic acids is 1. The number of nitrogens with one attached hydrogen (secondary N) is 1. The number of anilines is 1. The summed E-state index contributed by atoms with van der Waals surface area (Å²) in [7, 11) is 0. The molecule has 1 heterocycles. The molecule has 7 heteroatoms. The number of hydrogen-bond donors (Lipinski definition) is 2. The molecule has 1 aromatic heterocycles. The maximum absolute atomic E-state index is 12.1. The van der Waals surface area contributed by atoms with Crippen LogP contribution in [0.15, 0.2) is 71.1 Å². The van der Waals surface area contributed by atoms with E-state index in [1.54, 1.807) is 30.3 Å². The van der Waals surface area contributed by atoms with Gasteiger partial charge in [0.1, 0.15) is 11.3 Å². The topological polar surface area (TPSA) is 102 Å². The highest BCUT2D eigenvalue weighted by molar-refractivity contribution is 5.93. The van der Waals surface area contributed by atoms with E-state index < -0.39 is 5.97 Å². The Morgan fingerprint density at radius 2 is 1.83 bits per heavy atom. The largest absolute Gasteiger partial charge is 0.483 e. The fourth-order valence-corrected chi connectivity index (χ4v) is 2.94. The third-order valence-electron chi connectivity index (χ3n) is 4.50. The van der Waals surface area contributed by atoms with Gasteiger partial charge in [-0.1, -0.05) is 18.2 Å². The number of hydrogen-bond acceptors (Lipinski definition) is 5. The van der Waals surface area contributed by atoms with E-state index in [1.807, 2.05) is 31.2 Å². The predicted octanol–water partition coefficient (Wildman–Crippen LogP) is 4.52. The Kier molecular flexibility index (Phi) is 5.17. The van der Waals surface area contributed by atoms with Crippen molar-refractivity contribution in [3.05, 3.63) is 77.9 Å². The summed E-state index contributed by atoms with van der Waals surface area (Å²) < 4.78 is 11.2. The third-order valence-corrected chi connectivity index (χ3v) is 4.50. The molecule has 4 rings (SSSR count). The fraction of sp³-hybridized carbons (Fsp3) is 0.0870. The second-order valence-electron chi connectivity index (χ2n) is 6.69. The number of para-hydroxylation sites is 1. The van der Waals surface area contributed by atoms with Gasteiger partial charge in [0, 0.05) is 11.3 Å². The van der Waals surface area contributed by atoms with Gasteiger partial charge in [0.15, 0.2) is 12.2 Å². The van der Waals surface area contributed by atoms with Gasteiger partial charge >= 0.3 is 5.97 Å². The second kappa shape index (κ2) is 8.08. The van der Waals surface area contributed by atoms with Crippen LogP contribution in [0.5, 0.6) is 5.75 Å². The Balaban J connectivity index is 1.42. The normalized spacial score (nSPS) is 10.7. The highest BCUT2D eigenvalue weighted by Crippen LogP contribution is 2.26. The van der Waals surface area contributed by atoms with Gasteiger partial charge in [0.2, 0.25) is 5.89 Å². The van der Waals surface area contributed by atoms with Gasteiger partial charge in [-0.05, 0) is 61.0 Å². The first-order valence-corrected chi connectivity index (χ1v) is 9.22. The first kappa shape index (κ1) is 19.2. The van der Waals surface area contributed by atoms with Crippen LogP contribution in [0.2, 0.25) is 0 Å². The van der Waals surface area contributed by atoms with Gasteiger partial charge < -0.3 is 19.6 Å². The van der Waals surface area contributed by atoms with E-state index in [4.69, 9.17) is 14.3 Å². The number of carboxylic acid groups (broad SMARTS) is 1. The number of rotatable bonds is 6. The number of fused-ring (bicyclic) bond motifs is 1. The second-order valence-corrected chi connectivity index (χ2v) is 6.69. The van der Waals surface area contributed by atoms with Crippen molar-refractivity contribution >= 4 is 28.7 Å². The van der Waals surface area contributed by atoms with Crippen molar-refractivity contribution in [2.24, 2.45) is 0 Å². The SMILES string of the molecule is Cc1ccccc1OCC(=O)Nc1ccc(-c2nc3cc(C(=O)O)ccc3o2)cc1. The van der Waals surface area contributed by atoms with Crippen LogP contribution in [0.4, 0.5) is 5.69 Å². The van der Waals surface area contributed by atoms with Crippen molar-refractivity contribution in [3.63, 3.8) is 0 Å². The molecule has 0 saturated heterocycles. The quantitative estimate of drug-likeness (QED) is 0.492. The van der Waals surface area contributed by atoms with E-state index in [2.05, 4.69) is 10.3 Å². The summed E-state index contributed by atoms with van der Waals surface area (Å²) in [6.07, 6.45) is 0. The molecule has 30 heavy (non-hydrogen) atoms. The lowest BCUT2D eigenvalue weighted by molar-refractivity contribution is -0.118. The summed E-state index contributed by atoms with van der Waals surface area (Å²) in [5, 5.41) is 11.9. The van der Waals surface area contributed by atoms with Crippen molar-refractivity contribution in [2.45, 2.75) is 6.92 Å². The molecule has 7 nitrogen and oxygen atoms in total. The third kappa shape index (κ3) is 4.15. The van der Waals surface area contributed by atoms with Gasteiger partial charge in [0.25, 0.3) is 5.91 Å². The smallest absolute Gasteiger partial charge is 0.335 e. The van der Waals surface area contributed by atoms with Gasteiger partial charge in [-0.2, -0.15) is 0 Å². The van der Waals surface area contributed by atoms with Crippen LogP contribution in [0.25, 0.3) is 22.6 Å². The molecule has 2 N–H and O–H groups in total. The number of carboxylic acids is 1. The molecule has 0 atom stereocenters. The summed E-state index contributed by atoms with van der Waals surface area (Å²) in [5.41, 5.74) is 3.40. The summed E-state index contributed by atoms with van der Waals surface area (Å²) in [6, 6.07) is 19.0. The number of carbonyl (C=O) groups is 2. The Morgan fingerprint density at radius 1 is 1.07 bits per heavy atom. The molecule has 0 aliphatic heterocycles. The average Bonchev–Trinajstić information content (AvgIpc) is 3.17. The lowest BCUT2D eigenvalue weighted by Crippen LogP contribution is -2.20. The maximum atomic E-state index is 12.1. The number of benzene rings is 3. The number of oxazole rings is 1. The summed E-state index contributed by atoms with van der Waals surface area (Å²) in [4.78, 5) is 27.6. The fourth-order valence-electron chi connectivity index (χ4n) is 2.94. The van der Waals surface area contributed by atoms with E-state index in [0.717, 1.165) is 5.56 Å². The Morgan fingerprint density at radius 3 is 2.57 bits per heavy atom. The zero-order chi connectivity index (χ0) is 21.1. The summed E-state index contributed by atoms with van der Waals surface area (Å²) in [6.45, 7) is 1.82. The molecule has 0 unspecified atom stereocenters. The lowest BCUT2D eigenvalue weighted by Gasteiger charge is -2.09. The first-order valence-electron chi connectivity index (χ1n) is 9.22. The highest BCUT2D eigenvalue weighted by Gasteiger charge is 2.12. The van der Waals surface area contributed by atoms with Crippen LogP contribution in [-0.2, 0) is 4.79 Å². The number of ether oxygens (including phenoxy) is 1. The Bertz CT molecular complexity index is 1230. The Hall–Kier alpha value is -4.13. The predicted molar refractivity (Wildman–Crippen MR) is 112 cm³/mol. The van der Waals surface area contributed by atoms with Crippen LogP contribution in [0.3, 0.4) is 0 Å². The number of nitrogens with zero attached hydrogens (tertiary/aromatic N) is 1. The maximum Gasteiger partial charge on any atom is 0.335 e. The molecule has 0 radical (unpaired) electrons. The van der Waals surface area contributed by atoms with Crippen LogP contribution < -0.4 is 10.1 Å². The van der Waals surface area contributed by atoms with Crippen LogP contribution in [0.1, 0.15) is 15.9 Å². The van der Waals surface area contributed by atoms with Gasteiger partial charge in [-0.15, -0.1) is 0 Å². The molecule has 0 saturated carbocycles. The molecule has 0 fully saturated rings. The summed E-state index contributed by atoms with van der Waals surface area (Å²) in [5.74, 6) is -0.250. The molecule has 150 valence electrons. The monoisotopic (exact) mass is 402 g/mol. The lowest BCUT2D eigenvalue weighted by atomic mass is 10.2. The van der Waals surface area contributed by atoms with Crippen LogP contribution in [-0.4, -0.2) is 28.6 Å². The Labute approximate surface area is 171 Å². The minimum absolute atomic E-state index is 0.0936. The van der Waals surface area contributed by atoms with Gasteiger partial charge in [-0.25, -0.2) is 9.78 Å². The molecule has 0 aliphatic rings. The number of aryl methyl sites for hydroxylation is 1. The van der Waals surface area contributed by atoms with E-state index in [0.29, 0.717) is 34.0 Å². The zero-order valence-electron chi connectivity index (χ0n) is 16.1. The van der Waals surface area contributed by atoms with E-state index >= 15 is 0 Å². The van der Waals surface area contributed by atoms with Crippen LogP contribution >= 0.6 is 0 Å². The number of aromatic carboxylic acids is 1. The van der Waals surface area contributed by atoms with Crippen molar-refractivity contribution in [3.8, 4) is 17.2 Å². The highest BCUT2D eigenvalue weighted by atomic mass is 16.5. The van der Waals surface area contributed by atoms with Crippen molar-refractivity contribution in [1.82, 2.24) is 4.98 Å². The molecular weight excluding hydrogens is 384 g/mol. The molecule has 0 spiro atoms. The molecule has 1 amide bonds. The van der Waals surface area contributed by atoms with E-state index in [9.17, 15) is 9.59 Å². The molecule has 4 aromatic rings. The van der Waals surface area contributed by atoms with Gasteiger partial charge in [-0.3, -0.25) is 4.79 Å². The number of amides is 1. The van der Waals surface area contributed by atoms with Gasteiger partial charge in [0.05, 0.1) is 5.56 Å².